The zero-order chi connectivity index (χ0) is 17.1. The first-order chi connectivity index (χ1) is 12.3. The molecule has 1 aliphatic rings. The minimum Gasteiger partial charge on any atom is -0.348 e. The zero-order valence-electron chi connectivity index (χ0n) is 14.0. The lowest BCUT2D eigenvalue weighted by atomic mass is 9.94. The predicted octanol–water partition coefficient (Wildman–Crippen LogP) is 3.47. The van der Waals surface area contributed by atoms with Crippen LogP contribution < -0.4 is 0 Å². The van der Waals surface area contributed by atoms with Crippen molar-refractivity contribution in [2.45, 2.75) is 18.9 Å². The number of nitrogens with zero attached hydrogens (tertiary/aromatic N) is 3. The summed E-state index contributed by atoms with van der Waals surface area (Å²) in [7, 11) is 0. The number of benzene rings is 2. The van der Waals surface area contributed by atoms with E-state index < -0.39 is 0 Å². The maximum absolute atomic E-state index is 9.25. The number of rotatable bonds is 4. The molecule has 3 aromatic rings. The Morgan fingerprint density at radius 2 is 2.04 bits per heavy atom. The van der Waals surface area contributed by atoms with Gasteiger partial charge in [0.05, 0.1) is 29.7 Å². The maximum Gasteiger partial charge on any atom is 0.0991 e. The second kappa shape index (κ2) is 6.92. The van der Waals surface area contributed by atoms with Crippen molar-refractivity contribution in [2.75, 3.05) is 13.1 Å². The smallest absolute Gasteiger partial charge is 0.0991 e. The number of hydrogen-bond donors (Lipinski definition) is 1. The van der Waals surface area contributed by atoms with Gasteiger partial charge in [-0.1, -0.05) is 42.5 Å². The highest BCUT2D eigenvalue weighted by molar-refractivity contribution is 5.39. The predicted molar refractivity (Wildman–Crippen MR) is 97.0 cm³/mol. The standard InChI is InChI=1S/C21H20N4/c22-14-17-7-4-8-18(13-17)21-20-19(23-15-24-20)10-12-25(21)11-9-16-5-2-1-3-6-16/h1-8,13,15,21H,9-12H2,(H,23,24)/t21-/m1/s1. The third-order valence-electron chi connectivity index (χ3n) is 4.89. The molecule has 0 unspecified atom stereocenters. The van der Waals surface area contributed by atoms with Gasteiger partial charge in [0.15, 0.2) is 0 Å². The van der Waals surface area contributed by atoms with Gasteiger partial charge in [-0.15, -0.1) is 0 Å². The fourth-order valence-corrected chi connectivity index (χ4v) is 3.63. The van der Waals surface area contributed by atoms with Gasteiger partial charge in [-0.2, -0.15) is 5.26 Å². The first-order valence-corrected chi connectivity index (χ1v) is 8.65. The molecule has 4 heteroatoms. The van der Waals surface area contributed by atoms with Gasteiger partial charge in [-0.25, -0.2) is 4.98 Å². The SMILES string of the molecule is N#Cc1cccc([C@@H]2c3nc[nH]c3CCN2CCc2ccccc2)c1. The van der Waals surface area contributed by atoms with Gasteiger partial charge in [0.25, 0.3) is 0 Å². The van der Waals surface area contributed by atoms with Crippen molar-refractivity contribution in [3.63, 3.8) is 0 Å². The quantitative estimate of drug-likeness (QED) is 0.798. The molecule has 0 saturated heterocycles. The van der Waals surface area contributed by atoms with E-state index in [0.717, 1.165) is 37.2 Å². The van der Waals surface area contributed by atoms with E-state index in [1.807, 2.05) is 18.2 Å². The van der Waals surface area contributed by atoms with E-state index >= 15 is 0 Å². The van der Waals surface area contributed by atoms with Gasteiger partial charge in [0.1, 0.15) is 0 Å². The summed E-state index contributed by atoms with van der Waals surface area (Å²) < 4.78 is 0. The Morgan fingerprint density at radius 1 is 1.16 bits per heavy atom. The van der Waals surface area contributed by atoms with E-state index in [0.29, 0.717) is 5.56 Å². The number of nitrogens with one attached hydrogen (secondary N) is 1. The summed E-state index contributed by atoms with van der Waals surface area (Å²) >= 11 is 0. The Bertz CT molecular complexity index is 892. The highest BCUT2D eigenvalue weighted by Crippen LogP contribution is 2.33. The molecular weight excluding hydrogens is 308 g/mol. The molecule has 25 heavy (non-hydrogen) atoms. The van der Waals surface area contributed by atoms with Crippen molar-refractivity contribution in [3.8, 4) is 6.07 Å². The molecule has 0 radical (unpaired) electrons. The van der Waals surface area contributed by atoms with Crippen molar-refractivity contribution in [1.29, 1.82) is 5.26 Å². The summed E-state index contributed by atoms with van der Waals surface area (Å²) in [6.45, 7) is 1.96. The molecule has 0 spiro atoms. The van der Waals surface area contributed by atoms with Crippen LogP contribution in [-0.2, 0) is 12.8 Å². The number of imidazole rings is 1. The van der Waals surface area contributed by atoms with Crippen LogP contribution in [0.1, 0.15) is 34.1 Å². The van der Waals surface area contributed by atoms with Gasteiger partial charge in [-0.3, -0.25) is 4.90 Å². The Labute approximate surface area is 147 Å². The van der Waals surface area contributed by atoms with Gasteiger partial charge < -0.3 is 4.98 Å². The van der Waals surface area contributed by atoms with Crippen LogP contribution in [0.3, 0.4) is 0 Å². The molecule has 1 N–H and O–H groups in total. The minimum absolute atomic E-state index is 0.104. The van der Waals surface area contributed by atoms with Crippen LogP contribution in [-0.4, -0.2) is 28.0 Å². The van der Waals surface area contributed by atoms with E-state index in [4.69, 9.17) is 0 Å². The van der Waals surface area contributed by atoms with Crippen LogP contribution in [0.2, 0.25) is 0 Å². The molecule has 0 saturated carbocycles. The molecule has 124 valence electrons. The van der Waals surface area contributed by atoms with Crippen LogP contribution in [0.4, 0.5) is 0 Å². The molecule has 1 aliphatic heterocycles. The largest absolute Gasteiger partial charge is 0.348 e. The average molecular weight is 328 g/mol. The maximum atomic E-state index is 9.25. The Balaban J connectivity index is 1.64. The molecule has 4 nitrogen and oxygen atoms in total. The number of fused-ring (bicyclic) bond motifs is 1. The van der Waals surface area contributed by atoms with Crippen LogP contribution >= 0.6 is 0 Å². The average Bonchev–Trinajstić information content (AvgIpc) is 3.15. The number of aromatic amines is 1. The third-order valence-corrected chi connectivity index (χ3v) is 4.89. The number of nitriles is 1. The van der Waals surface area contributed by atoms with Crippen molar-refractivity contribution in [1.82, 2.24) is 14.9 Å². The molecule has 0 aliphatic carbocycles. The number of H-pyrrole nitrogens is 1. The van der Waals surface area contributed by atoms with Crippen LogP contribution in [0, 0.1) is 11.3 Å². The van der Waals surface area contributed by atoms with Gasteiger partial charge in [0, 0.05) is 25.2 Å². The van der Waals surface area contributed by atoms with Crippen LogP contribution in [0.5, 0.6) is 0 Å². The highest BCUT2D eigenvalue weighted by Gasteiger charge is 2.30. The second-order valence-electron chi connectivity index (χ2n) is 6.43. The Morgan fingerprint density at radius 3 is 2.88 bits per heavy atom. The van der Waals surface area contributed by atoms with Crippen LogP contribution in [0.15, 0.2) is 60.9 Å². The van der Waals surface area contributed by atoms with E-state index in [2.05, 4.69) is 57.3 Å². The molecule has 2 heterocycles. The first kappa shape index (κ1) is 15.6. The lowest BCUT2D eigenvalue weighted by Gasteiger charge is -2.35. The molecule has 1 aromatic heterocycles. The highest BCUT2D eigenvalue weighted by atomic mass is 15.2. The molecule has 0 bridgehead atoms. The molecule has 4 rings (SSSR count). The monoisotopic (exact) mass is 328 g/mol. The zero-order valence-corrected chi connectivity index (χ0v) is 14.0. The van der Waals surface area contributed by atoms with Crippen LogP contribution in [0.25, 0.3) is 0 Å². The van der Waals surface area contributed by atoms with E-state index in [-0.39, 0.29) is 6.04 Å². The number of aromatic nitrogens is 2. The Kier molecular flexibility index (Phi) is 4.32. The summed E-state index contributed by atoms with van der Waals surface area (Å²) in [4.78, 5) is 10.4. The van der Waals surface area contributed by atoms with Crippen molar-refractivity contribution in [2.24, 2.45) is 0 Å². The van der Waals surface area contributed by atoms with E-state index in [1.54, 1.807) is 6.33 Å². The fraction of sp³-hybridized carbons (Fsp3) is 0.238. The van der Waals surface area contributed by atoms with Gasteiger partial charge >= 0.3 is 0 Å². The summed E-state index contributed by atoms with van der Waals surface area (Å²) in [6.07, 6.45) is 3.78. The van der Waals surface area contributed by atoms with E-state index in [1.165, 1.54) is 11.3 Å². The number of hydrogen-bond acceptors (Lipinski definition) is 3. The summed E-state index contributed by atoms with van der Waals surface area (Å²) in [6, 6.07) is 20.8. The van der Waals surface area contributed by atoms with E-state index in [9.17, 15) is 5.26 Å². The van der Waals surface area contributed by atoms with Gasteiger partial charge in [0.2, 0.25) is 0 Å². The fourth-order valence-electron chi connectivity index (χ4n) is 3.63. The molecular formula is C21H20N4. The van der Waals surface area contributed by atoms with Crippen molar-refractivity contribution < 1.29 is 0 Å². The second-order valence-corrected chi connectivity index (χ2v) is 6.43. The van der Waals surface area contributed by atoms with Crippen molar-refractivity contribution in [3.05, 3.63) is 89.0 Å². The third kappa shape index (κ3) is 3.19. The van der Waals surface area contributed by atoms with Gasteiger partial charge in [-0.05, 0) is 29.7 Å². The topological polar surface area (TPSA) is 55.7 Å². The lowest BCUT2D eigenvalue weighted by molar-refractivity contribution is 0.211. The molecule has 1 atom stereocenters. The lowest BCUT2D eigenvalue weighted by Crippen LogP contribution is -2.37. The normalized spacial score (nSPS) is 17.0. The van der Waals surface area contributed by atoms with Crippen molar-refractivity contribution >= 4 is 0 Å². The summed E-state index contributed by atoms with van der Waals surface area (Å²) in [5.41, 5.74) is 5.49. The molecule has 2 aromatic carbocycles. The minimum atomic E-state index is 0.104. The molecule has 0 fully saturated rings. The Hall–Kier alpha value is -2.90. The first-order valence-electron chi connectivity index (χ1n) is 8.65. The summed E-state index contributed by atoms with van der Waals surface area (Å²) in [5, 5.41) is 9.25. The molecule has 0 amide bonds. The summed E-state index contributed by atoms with van der Waals surface area (Å²) in [5.74, 6) is 0.